The summed E-state index contributed by atoms with van der Waals surface area (Å²) < 4.78 is 2.58. The highest BCUT2D eigenvalue weighted by atomic mass is 28.3. The third-order valence-electron chi connectivity index (χ3n) is 5.36. The van der Waals surface area contributed by atoms with Gasteiger partial charge in [0.2, 0.25) is 0 Å². The van der Waals surface area contributed by atoms with Gasteiger partial charge in [0.05, 0.1) is 0 Å². The van der Waals surface area contributed by atoms with Crippen LogP contribution in [0.1, 0.15) is 58.2 Å². The highest BCUT2D eigenvalue weighted by molar-refractivity contribution is 6.82. The van der Waals surface area contributed by atoms with E-state index in [0.717, 1.165) is 11.1 Å². The third-order valence-corrected chi connectivity index (χ3v) is 12.1. The lowest BCUT2D eigenvalue weighted by Gasteiger charge is -2.44. The molecule has 128 valence electrons. The number of nitrogens with zero attached hydrogens (tertiary/aromatic N) is 1. The Labute approximate surface area is 149 Å². The topological polar surface area (TPSA) is 4.93 Å². The summed E-state index contributed by atoms with van der Waals surface area (Å²) in [5.41, 5.74) is 5.61. The average molecular weight is 338 g/mol. The largest absolute Gasteiger partial charge is 0.378 e. The lowest BCUT2D eigenvalue weighted by molar-refractivity contribution is 0.765. The number of aromatic nitrogens is 1. The number of hydrogen-bond donors (Lipinski definition) is 0. The van der Waals surface area contributed by atoms with E-state index in [1.165, 1.54) is 5.56 Å². The predicted molar refractivity (Wildman–Crippen MR) is 108 cm³/mol. The van der Waals surface area contributed by atoms with Crippen molar-refractivity contribution in [2.24, 2.45) is 0 Å². The Balaban J connectivity index is 2.49. The van der Waals surface area contributed by atoms with Crippen LogP contribution in [-0.4, -0.2) is 12.5 Å². The third kappa shape index (κ3) is 3.37. The number of aryl methyl sites for hydroxylation is 1. The Morgan fingerprint density at radius 2 is 1.33 bits per heavy atom. The minimum atomic E-state index is -1.67. The molecular formula is C22H31NSi. The van der Waals surface area contributed by atoms with Gasteiger partial charge in [0.1, 0.15) is 0 Å². The molecule has 1 aromatic heterocycles. The van der Waals surface area contributed by atoms with Gasteiger partial charge in [0.25, 0.3) is 0 Å². The Bertz CT molecular complexity index is 705. The molecule has 0 N–H and O–H groups in total. The van der Waals surface area contributed by atoms with Crippen molar-refractivity contribution in [3.63, 3.8) is 0 Å². The maximum absolute atomic E-state index is 3.39. The zero-order valence-electron chi connectivity index (χ0n) is 16.2. The second-order valence-corrected chi connectivity index (χ2v) is 13.5. The quantitative estimate of drug-likeness (QED) is 0.461. The van der Waals surface area contributed by atoms with Gasteiger partial charge in [-0.25, -0.2) is 0 Å². The van der Waals surface area contributed by atoms with Crippen LogP contribution in [0.3, 0.4) is 0 Å². The van der Waals surface area contributed by atoms with Gasteiger partial charge < -0.3 is 4.23 Å². The maximum Gasteiger partial charge on any atom is 0.168 e. The molecule has 0 unspecified atom stereocenters. The van der Waals surface area contributed by atoms with Crippen molar-refractivity contribution in [3.05, 3.63) is 59.4 Å². The van der Waals surface area contributed by atoms with Gasteiger partial charge in [-0.05, 0) is 47.4 Å². The molecule has 0 bridgehead atoms. The lowest BCUT2D eigenvalue weighted by atomic mass is 10.2. The van der Waals surface area contributed by atoms with E-state index in [9.17, 15) is 0 Å². The van der Waals surface area contributed by atoms with E-state index in [-0.39, 0.29) is 0 Å². The van der Waals surface area contributed by atoms with Crippen molar-refractivity contribution in [3.8, 4) is 11.8 Å². The van der Waals surface area contributed by atoms with Crippen molar-refractivity contribution in [1.29, 1.82) is 0 Å². The molecule has 24 heavy (non-hydrogen) atoms. The Kier molecular flexibility index (Phi) is 5.77. The van der Waals surface area contributed by atoms with Gasteiger partial charge in [-0.2, -0.15) is 0 Å². The second kappa shape index (κ2) is 7.45. The number of benzene rings is 1. The van der Waals surface area contributed by atoms with Crippen molar-refractivity contribution in [2.45, 2.75) is 65.1 Å². The fourth-order valence-corrected chi connectivity index (χ4v) is 11.0. The summed E-state index contributed by atoms with van der Waals surface area (Å²) in [6, 6.07) is 10.2. The van der Waals surface area contributed by atoms with Crippen LogP contribution < -0.4 is 0 Å². The first kappa shape index (κ1) is 18.6. The Morgan fingerprint density at radius 3 is 1.83 bits per heavy atom. The highest BCUT2D eigenvalue weighted by Gasteiger charge is 2.45. The van der Waals surface area contributed by atoms with Crippen molar-refractivity contribution in [1.82, 2.24) is 4.23 Å². The average Bonchev–Trinajstić information content (AvgIpc) is 2.86. The molecule has 0 aliphatic carbocycles. The molecule has 0 saturated carbocycles. The summed E-state index contributed by atoms with van der Waals surface area (Å²) in [4.78, 5) is 0. The van der Waals surface area contributed by atoms with Crippen molar-refractivity contribution >= 4 is 8.24 Å². The molecule has 2 rings (SSSR count). The zero-order valence-corrected chi connectivity index (χ0v) is 17.2. The monoisotopic (exact) mass is 337 g/mol. The Morgan fingerprint density at radius 1 is 0.792 bits per heavy atom. The SMILES string of the molecule is Cc1cn([Si](C(C)C)(C(C)C)C(C)C)cc1C#Cc1ccccc1. The molecule has 0 amide bonds. The van der Waals surface area contributed by atoms with Crippen LogP contribution in [0, 0.1) is 18.8 Å². The summed E-state index contributed by atoms with van der Waals surface area (Å²) in [6.07, 6.45) is 4.67. The minimum absolute atomic E-state index is 0.694. The molecule has 1 nitrogen and oxygen atoms in total. The van der Waals surface area contributed by atoms with Crippen LogP contribution in [0.25, 0.3) is 0 Å². The molecule has 0 atom stereocenters. The first-order valence-corrected chi connectivity index (χ1v) is 11.2. The van der Waals surface area contributed by atoms with Gasteiger partial charge in [0.15, 0.2) is 8.24 Å². The summed E-state index contributed by atoms with van der Waals surface area (Å²) in [5.74, 6) is 6.70. The van der Waals surface area contributed by atoms with Gasteiger partial charge in [-0.3, -0.25) is 0 Å². The number of hydrogen-bond acceptors (Lipinski definition) is 0. The Hall–Kier alpha value is -1.72. The summed E-state index contributed by atoms with van der Waals surface area (Å²) in [7, 11) is -1.67. The molecule has 0 spiro atoms. The molecule has 0 aliphatic heterocycles. The molecule has 0 radical (unpaired) electrons. The molecule has 0 aliphatic rings. The second-order valence-electron chi connectivity index (χ2n) is 7.73. The van der Waals surface area contributed by atoms with Crippen LogP contribution in [-0.2, 0) is 0 Å². The maximum atomic E-state index is 3.39. The van der Waals surface area contributed by atoms with E-state index < -0.39 is 8.24 Å². The molecule has 0 saturated heterocycles. The van der Waals surface area contributed by atoms with Crippen LogP contribution in [0.4, 0.5) is 0 Å². The standard InChI is InChI=1S/C22H31NSi/c1-17(2)24(18(3)4,19(5)6)23-15-20(7)22(16-23)14-13-21-11-9-8-10-12-21/h8-12,15-19H,1-7H3. The van der Waals surface area contributed by atoms with E-state index in [4.69, 9.17) is 0 Å². The van der Waals surface area contributed by atoms with Gasteiger partial charge >= 0.3 is 0 Å². The molecule has 1 heterocycles. The first-order chi connectivity index (χ1) is 11.3. The van der Waals surface area contributed by atoms with Crippen LogP contribution >= 0.6 is 0 Å². The van der Waals surface area contributed by atoms with E-state index in [2.05, 4.69) is 89.1 Å². The van der Waals surface area contributed by atoms with Crippen LogP contribution in [0.5, 0.6) is 0 Å². The smallest absolute Gasteiger partial charge is 0.168 e. The summed E-state index contributed by atoms with van der Waals surface area (Å²) in [6.45, 7) is 16.6. The molecule has 1 aromatic carbocycles. The zero-order chi connectivity index (χ0) is 17.9. The fraction of sp³-hybridized carbons (Fsp3) is 0.455. The lowest BCUT2D eigenvalue weighted by Crippen LogP contribution is -2.51. The number of rotatable bonds is 4. The van der Waals surface area contributed by atoms with E-state index in [1.54, 1.807) is 0 Å². The fourth-order valence-electron chi connectivity index (χ4n) is 4.47. The van der Waals surface area contributed by atoms with Crippen molar-refractivity contribution in [2.75, 3.05) is 0 Å². The van der Waals surface area contributed by atoms with E-state index in [1.807, 2.05) is 18.2 Å². The van der Waals surface area contributed by atoms with Gasteiger partial charge in [-0.1, -0.05) is 71.6 Å². The predicted octanol–water partition coefficient (Wildman–Crippen LogP) is 6.22. The minimum Gasteiger partial charge on any atom is -0.378 e. The normalized spacial score (nSPS) is 11.9. The van der Waals surface area contributed by atoms with Crippen LogP contribution in [0.15, 0.2) is 42.7 Å². The molecule has 0 fully saturated rings. The van der Waals surface area contributed by atoms with E-state index in [0.29, 0.717) is 16.6 Å². The molecule has 2 aromatic rings. The van der Waals surface area contributed by atoms with Crippen LogP contribution in [0.2, 0.25) is 16.6 Å². The van der Waals surface area contributed by atoms with E-state index >= 15 is 0 Å². The van der Waals surface area contributed by atoms with Gasteiger partial charge in [-0.15, -0.1) is 0 Å². The van der Waals surface area contributed by atoms with Gasteiger partial charge in [0, 0.05) is 17.3 Å². The first-order valence-electron chi connectivity index (χ1n) is 9.06. The highest BCUT2D eigenvalue weighted by Crippen LogP contribution is 2.42. The summed E-state index contributed by atoms with van der Waals surface area (Å²) in [5, 5.41) is 0. The van der Waals surface area contributed by atoms with Crippen molar-refractivity contribution < 1.29 is 0 Å². The molecule has 2 heteroatoms. The molecular weight excluding hydrogens is 306 g/mol. The summed E-state index contributed by atoms with van der Waals surface area (Å²) >= 11 is 0.